The summed E-state index contributed by atoms with van der Waals surface area (Å²) < 4.78 is 11.2. The van der Waals surface area contributed by atoms with Crippen LogP contribution in [0.4, 0.5) is 11.6 Å². The lowest BCUT2D eigenvalue weighted by molar-refractivity contribution is 0.0254. The Hall–Kier alpha value is -2.43. The van der Waals surface area contributed by atoms with Gasteiger partial charge in [0.25, 0.3) is 0 Å². The molecule has 1 N–H and O–H groups in total. The molecule has 0 spiro atoms. The minimum atomic E-state index is 0.0806. The number of anilines is 2. The molecule has 2 heterocycles. The summed E-state index contributed by atoms with van der Waals surface area (Å²) in [5.41, 5.74) is 1.12. The third-order valence-corrected chi connectivity index (χ3v) is 3.54. The predicted octanol–water partition coefficient (Wildman–Crippen LogP) is 2.70. The van der Waals surface area contributed by atoms with Gasteiger partial charge in [-0.2, -0.15) is 10.2 Å². The molecule has 3 rings (SSSR count). The van der Waals surface area contributed by atoms with Gasteiger partial charge in [0, 0.05) is 18.5 Å². The Kier molecular flexibility index (Phi) is 4.86. The Morgan fingerprint density at radius 3 is 2.87 bits per heavy atom. The van der Waals surface area contributed by atoms with E-state index in [9.17, 15) is 5.26 Å². The highest BCUT2D eigenvalue weighted by molar-refractivity contribution is 6.28. The van der Waals surface area contributed by atoms with Gasteiger partial charge in [-0.15, -0.1) is 0 Å². The van der Waals surface area contributed by atoms with Crippen LogP contribution < -0.4 is 10.1 Å². The summed E-state index contributed by atoms with van der Waals surface area (Å²) >= 11 is 5.72. The topological polar surface area (TPSA) is 93.0 Å². The molecule has 23 heavy (non-hydrogen) atoms. The first-order valence-electron chi connectivity index (χ1n) is 7.15. The monoisotopic (exact) mass is 331 g/mol. The zero-order chi connectivity index (χ0) is 16.1. The minimum Gasteiger partial charge on any atom is -0.489 e. The normalized spacial score (nSPS) is 15.0. The van der Waals surface area contributed by atoms with Gasteiger partial charge in [-0.05, 0) is 29.8 Å². The van der Waals surface area contributed by atoms with Crippen molar-refractivity contribution in [1.29, 1.82) is 5.26 Å². The molecule has 1 fully saturated rings. The lowest BCUT2D eigenvalue weighted by atomic mass is 10.1. The lowest BCUT2D eigenvalue weighted by Crippen LogP contribution is -2.26. The molecule has 0 bridgehead atoms. The summed E-state index contributed by atoms with van der Waals surface area (Å²) in [6, 6.07) is 7.40. The van der Waals surface area contributed by atoms with Gasteiger partial charge in [0.1, 0.15) is 24.3 Å². The van der Waals surface area contributed by atoms with Crippen LogP contribution in [-0.2, 0) is 4.74 Å². The van der Waals surface area contributed by atoms with E-state index in [4.69, 9.17) is 21.1 Å². The predicted molar refractivity (Wildman–Crippen MR) is 83.7 cm³/mol. The fraction of sp³-hybridized carbons (Fsp3) is 0.333. The molecule has 0 radical (unpaired) electrons. The maximum atomic E-state index is 9.34. The summed E-state index contributed by atoms with van der Waals surface area (Å²) in [6.45, 7) is 1.37. The standard InChI is InChI=1S/C15H14ClN5O2/c16-14-18-9-19-15(21-14)20-11-1-2-13(10(7-11)8-17)23-12-3-5-22-6-4-12/h1-2,7,9,12H,3-6H2,(H,18,19,20,21). The third kappa shape index (κ3) is 4.06. The van der Waals surface area contributed by atoms with E-state index in [0.717, 1.165) is 12.8 Å². The largest absolute Gasteiger partial charge is 0.489 e. The average Bonchev–Trinajstić information content (AvgIpc) is 2.57. The summed E-state index contributed by atoms with van der Waals surface area (Å²) in [5, 5.41) is 12.4. The number of rotatable bonds is 4. The van der Waals surface area contributed by atoms with Crippen LogP contribution in [0.5, 0.6) is 5.75 Å². The maximum absolute atomic E-state index is 9.34. The van der Waals surface area contributed by atoms with Crippen molar-refractivity contribution in [2.24, 2.45) is 0 Å². The van der Waals surface area contributed by atoms with Crippen LogP contribution in [-0.4, -0.2) is 34.3 Å². The molecule has 1 aliphatic rings. The zero-order valence-corrected chi connectivity index (χ0v) is 13.0. The van der Waals surface area contributed by atoms with E-state index in [1.54, 1.807) is 18.2 Å². The van der Waals surface area contributed by atoms with Crippen LogP contribution in [0.2, 0.25) is 5.28 Å². The van der Waals surface area contributed by atoms with E-state index in [1.807, 2.05) is 0 Å². The lowest BCUT2D eigenvalue weighted by Gasteiger charge is -2.23. The molecule has 1 aromatic heterocycles. The van der Waals surface area contributed by atoms with Crippen molar-refractivity contribution in [1.82, 2.24) is 15.0 Å². The first-order valence-corrected chi connectivity index (χ1v) is 7.52. The molecule has 0 aliphatic carbocycles. The van der Waals surface area contributed by atoms with Gasteiger partial charge in [0.2, 0.25) is 11.2 Å². The molecule has 8 heteroatoms. The van der Waals surface area contributed by atoms with Gasteiger partial charge < -0.3 is 14.8 Å². The molecule has 1 aromatic carbocycles. The Labute approximate surface area is 138 Å². The van der Waals surface area contributed by atoms with Crippen LogP contribution in [0.25, 0.3) is 0 Å². The summed E-state index contributed by atoms with van der Waals surface area (Å²) in [7, 11) is 0. The minimum absolute atomic E-state index is 0.0806. The number of ether oxygens (including phenoxy) is 2. The van der Waals surface area contributed by atoms with E-state index >= 15 is 0 Å². The van der Waals surface area contributed by atoms with E-state index in [0.29, 0.717) is 36.2 Å². The fourth-order valence-electron chi connectivity index (χ4n) is 2.24. The SMILES string of the molecule is N#Cc1cc(Nc2ncnc(Cl)n2)ccc1OC1CCOCC1. The zero-order valence-electron chi connectivity index (χ0n) is 12.2. The fourth-order valence-corrected chi connectivity index (χ4v) is 2.36. The Bertz CT molecular complexity index is 728. The van der Waals surface area contributed by atoms with Crippen molar-refractivity contribution in [2.45, 2.75) is 18.9 Å². The molecule has 2 aromatic rings. The summed E-state index contributed by atoms with van der Waals surface area (Å²) in [6.07, 6.45) is 3.05. The van der Waals surface area contributed by atoms with E-state index in [-0.39, 0.29) is 11.4 Å². The summed E-state index contributed by atoms with van der Waals surface area (Å²) in [4.78, 5) is 11.6. The van der Waals surface area contributed by atoms with Crippen LogP contribution in [0.3, 0.4) is 0 Å². The molecular formula is C15H14ClN5O2. The maximum Gasteiger partial charge on any atom is 0.231 e. The number of aromatic nitrogens is 3. The molecule has 0 saturated carbocycles. The first-order chi connectivity index (χ1) is 11.2. The van der Waals surface area contributed by atoms with Crippen molar-refractivity contribution in [3.05, 3.63) is 35.4 Å². The quantitative estimate of drug-likeness (QED) is 0.920. The highest BCUT2D eigenvalue weighted by atomic mass is 35.5. The van der Waals surface area contributed by atoms with Crippen LogP contribution >= 0.6 is 11.6 Å². The molecule has 0 amide bonds. The van der Waals surface area contributed by atoms with E-state index in [1.165, 1.54) is 6.33 Å². The van der Waals surface area contributed by atoms with Gasteiger partial charge >= 0.3 is 0 Å². The molecule has 1 aliphatic heterocycles. The van der Waals surface area contributed by atoms with E-state index < -0.39 is 0 Å². The Morgan fingerprint density at radius 1 is 1.30 bits per heavy atom. The molecular weight excluding hydrogens is 318 g/mol. The first kappa shape index (κ1) is 15.5. The van der Waals surface area contributed by atoms with Gasteiger partial charge in [-0.1, -0.05) is 0 Å². The second-order valence-corrected chi connectivity index (χ2v) is 5.29. The molecule has 0 unspecified atom stereocenters. The second kappa shape index (κ2) is 7.22. The molecule has 118 valence electrons. The highest BCUT2D eigenvalue weighted by Gasteiger charge is 2.17. The molecule has 1 saturated heterocycles. The van der Waals surface area contributed by atoms with Gasteiger partial charge in [-0.3, -0.25) is 0 Å². The average molecular weight is 332 g/mol. The second-order valence-electron chi connectivity index (χ2n) is 4.96. The van der Waals surface area contributed by atoms with Crippen molar-refractivity contribution < 1.29 is 9.47 Å². The number of halogens is 1. The van der Waals surface area contributed by atoms with Crippen molar-refractivity contribution in [3.8, 4) is 11.8 Å². The van der Waals surface area contributed by atoms with Crippen LogP contribution in [0.1, 0.15) is 18.4 Å². The number of nitriles is 1. The molecule has 7 nitrogen and oxygen atoms in total. The van der Waals surface area contributed by atoms with Crippen molar-refractivity contribution in [3.63, 3.8) is 0 Å². The number of nitrogens with zero attached hydrogens (tertiary/aromatic N) is 4. The van der Waals surface area contributed by atoms with Crippen LogP contribution in [0, 0.1) is 11.3 Å². The van der Waals surface area contributed by atoms with Crippen molar-refractivity contribution in [2.75, 3.05) is 18.5 Å². The number of hydrogen-bond acceptors (Lipinski definition) is 7. The van der Waals surface area contributed by atoms with E-state index in [2.05, 4.69) is 26.3 Å². The smallest absolute Gasteiger partial charge is 0.231 e. The van der Waals surface area contributed by atoms with Gasteiger partial charge in [0.15, 0.2) is 0 Å². The number of nitrogens with one attached hydrogen (secondary N) is 1. The van der Waals surface area contributed by atoms with Crippen molar-refractivity contribution >= 4 is 23.2 Å². The third-order valence-electron chi connectivity index (χ3n) is 3.36. The number of benzene rings is 1. The van der Waals surface area contributed by atoms with Gasteiger partial charge in [-0.25, -0.2) is 9.97 Å². The number of hydrogen-bond donors (Lipinski definition) is 1. The highest BCUT2D eigenvalue weighted by Crippen LogP contribution is 2.26. The van der Waals surface area contributed by atoms with Gasteiger partial charge in [0.05, 0.1) is 18.8 Å². The summed E-state index contributed by atoms with van der Waals surface area (Å²) in [5.74, 6) is 0.880. The Morgan fingerprint density at radius 2 is 2.13 bits per heavy atom. The Balaban J connectivity index is 1.75. The molecule has 0 atom stereocenters. The van der Waals surface area contributed by atoms with Crippen LogP contribution in [0.15, 0.2) is 24.5 Å².